The van der Waals surface area contributed by atoms with E-state index in [1.807, 2.05) is 0 Å². The van der Waals surface area contributed by atoms with Crippen LogP contribution in [0.2, 0.25) is 0 Å². The molecule has 0 fully saturated rings. The molecule has 0 unspecified atom stereocenters. The lowest BCUT2D eigenvalue weighted by atomic mass is 11.5. The fraction of sp³-hybridized carbons (Fsp3) is 0.500. The average Bonchev–Trinajstić information content (AvgIpc) is 2.34. The number of aromatic nitrogens is 3. The third-order valence-electron chi connectivity index (χ3n) is 0.816. The Labute approximate surface area is 92.4 Å². The van der Waals surface area contributed by atoms with Crippen LogP contribution in [0.1, 0.15) is 0 Å². The Morgan fingerprint density at radius 2 is 1.92 bits per heavy atom. The van der Waals surface area contributed by atoms with Gasteiger partial charge in [0.15, 0.2) is 0 Å². The Kier molecular flexibility index (Phi) is 2.91. The van der Waals surface area contributed by atoms with Crippen LogP contribution in [-0.4, -0.2) is 25.5 Å². The molecule has 0 aromatic carbocycles. The normalized spacial score (nSPS) is 13.2. The van der Waals surface area contributed by atoms with Gasteiger partial charge in [0.2, 0.25) is 1.47 Å². The smallest absolute Gasteiger partial charge is 0.302 e. The van der Waals surface area contributed by atoms with E-state index in [-0.39, 0.29) is 0 Å². The second-order valence-corrected chi connectivity index (χ2v) is 11.9. The lowest BCUT2D eigenvalue weighted by Crippen LogP contribution is -2.18. The molecule has 0 bridgehead atoms. The summed E-state index contributed by atoms with van der Waals surface area (Å²) < 4.78 is 25.4. The quantitative estimate of drug-likeness (QED) is 0.671. The van der Waals surface area contributed by atoms with Crippen LogP contribution in [0, 0.1) is 0 Å². The molecule has 1 aromatic rings. The van der Waals surface area contributed by atoms with Crippen molar-refractivity contribution in [2.24, 2.45) is 0 Å². The summed E-state index contributed by atoms with van der Waals surface area (Å²) in [5.74, 6) is 0. The van der Waals surface area contributed by atoms with Gasteiger partial charge in [-0.15, -0.1) is 0 Å². The molecule has 10 heteroatoms. The van der Waals surface area contributed by atoms with Gasteiger partial charge in [0, 0.05) is 0 Å². The summed E-state index contributed by atoms with van der Waals surface area (Å²) in [4.78, 5) is 0. The first-order chi connectivity index (χ1) is 5.36. The van der Waals surface area contributed by atoms with Crippen LogP contribution in [0.4, 0.5) is 0 Å². The number of hydrogen-bond donors (Lipinski definition) is 0. The molecule has 0 N–H and O–H groups in total. The number of sulfone groups is 1. The van der Waals surface area contributed by atoms with Crippen molar-refractivity contribution >= 4 is 57.6 Å². The maximum atomic E-state index is 11.3. The van der Waals surface area contributed by atoms with Crippen molar-refractivity contribution in [3.63, 3.8) is 0 Å². The van der Waals surface area contributed by atoms with Crippen LogP contribution in [0.5, 0.6) is 0 Å². The third-order valence-corrected chi connectivity index (χ3v) is 5.88. The van der Waals surface area contributed by atoms with E-state index in [9.17, 15) is 8.42 Å². The number of halogens is 3. The van der Waals surface area contributed by atoms with Crippen LogP contribution in [-0.2, 0) is 9.84 Å². The summed E-state index contributed by atoms with van der Waals surface area (Å²) in [6, 6.07) is 0. The topological polar surface area (TPSA) is 86.0 Å². The predicted octanol–water partition coefficient (Wildman–Crippen LogP) is 1.03. The van der Waals surface area contributed by atoms with Gasteiger partial charge in [-0.25, -0.2) is 8.42 Å². The molecule has 1 aromatic heterocycles. The van der Waals surface area contributed by atoms with Crippen molar-refractivity contribution in [3.8, 4) is 0 Å². The van der Waals surface area contributed by atoms with E-state index in [0.717, 1.165) is 0 Å². The zero-order chi connectivity index (χ0) is 9.41. The van der Waals surface area contributed by atoms with Gasteiger partial charge in [-0.05, 0) is 53.0 Å². The molecule has 0 atom stereocenters. The van der Waals surface area contributed by atoms with E-state index >= 15 is 0 Å². The molecule has 0 amide bonds. The van der Waals surface area contributed by atoms with Crippen molar-refractivity contribution < 1.29 is 12.9 Å². The molecule has 68 valence electrons. The molecular weight excluding hydrogens is 386 g/mol. The standard InChI is InChI=1S/C2Br3N3O3S/c3-2(4,5)12(9,10)1-6-7-8-11-1. The molecule has 1 heterocycles. The summed E-state index contributed by atoms with van der Waals surface area (Å²) in [6.07, 6.45) is 0. The molecule has 0 aliphatic rings. The fourth-order valence-electron chi connectivity index (χ4n) is 0.328. The zero-order valence-electron chi connectivity index (χ0n) is 5.11. The SMILES string of the molecule is O=S(=O)(c1nnno1)C(Br)(Br)Br. The highest BCUT2D eigenvalue weighted by Gasteiger charge is 2.42. The van der Waals surface area contributed by atoms with Crippen molar-refractivity contribution in [2.45, 2.75) is 6.70 Å². The minimum Gasteiger partial charge on any atom is -0.302 e. The lowest BCUT2D eigenvalue weighted by molar-refractivity contribution is 0.318. The average molecular weight is 386 g/mol. The van der Waals surface area contributed by atoms with E-state index < -0.39 is 16.5 Å². The van der Waals surface area contributed by atoms with Crippen molar-refractivity contribution in [2.75, 3.05) is 0 Å². The van der Waals surface area contributed by atoms with Crippen LogP contribution in [0.25, 0.3) is 0 Å². The van der Waals surface area contributed by atoms with Crippen LogP contribution in [0.15, 0.2) is 9.75 Å². The molecule has 0 saturated heterocycles. The molecule has 1 rings (SSSR count). The molecule has 0 aliphatic carbocycles. The maximum absolute atomic E-state index is 11.3. The van der Waals surface area contributed by atoms with Gasteiger partial charge in [0.1, 0.15) is 0 Å². The van der Waals surface area contributed by atoms with Crippen molar-refractivity contribution in [1.82, 2.24) is 15.6 Å². The lowest BCUT2D eigenvalue weighted by Gasteiger charge is -2.07. The zero-order valence-corrected chi connectivity index (χ0v) is 10.7. The van der Waals surface area contributed by atoms with Gasteiger partial charge in [0.05, 0.1) is 5.27 Å². The number of nitrogens with zero attached hydrogens (tertiary/aromatic N) is 3. The second kappa shape index (κ2) is 3.31. The third kappa shape index (κ3) is 1.86. The summed E-state index contributed by atoms with van der Waals surface area (Å²) in [7, 11) is -3.79. The van der Waals surface area contributed by atoms with E-state index in [0.29, 0.717) is 0 Å². The first-order valence-electron chi connectivity index (χ1n) is 2.32. The Hall–Kier alpha value is 0.460. The minimum absolute atomic E-state index is 0.576. The summed E-state index contributed by atoms with van der Waals surface area (Å²) in [6.45, 7) is 0. The molecule has 0 aliphatic heterocycles. The largest absolute Gasteiger partial charge is 0.366 e. The highest BCUT2D eigenvalue weighted by atomic mass is 80.0. The van der Waals surface area contributed by atoms with E-state index in [1.165, 1.54) is 0 Å². The highest BCUT2D eigenvalue weighted by Crippen LogP contribution is 2.42. The number of rotatable bonds is 1. The van der Waals surface area contributed by atoms with Gasteiger partial charge in [-0.3, -0.25) is 0 Å². The molecular formula is C2Br3N3O3S. The highest BCUT2D eigenvalue weighted by molar-refractivity contribution is 9.42. The van der Waals surface area contributed by atoms with Gasteiger partial charge in [-0.2, -0.15) is 0 Å². The number of alkyl halides is 3. The van der Waals surface area contributed by atoms with Crippen LogP contribution < -0.4 is 0 Å². The minimum atomic E-state index is -3.79. The first-order valence-corrected chi connectivity index (χ1v) is 6.18. The second-order valence-electron chi connectivity index (χ2n) is 1.58. The Bertz CT molecular complexity index is 353. The predicted molar refractivity (Wildman–Crippen MR) is 48.8 cm³/mol. The van der Waals surface area contributed by atoms with E-state index in [1.54, 1.807) is 0 Å². The Morgan fingerprint density at radius 1 is 1.33 bits per heavy atom. The number of hydrogen-bond acceptors (Lipinski definition) is 6. The van der Waals surface area contributed by atoms with Crippen molar-refractivity contribution in [1.29, 1.82) is 0 Å². The molecule has 0 spiro atoms. The Morgan fingerprint density at radius 3 is 2.25 bits per heavy atom. The fourth-order valence-corrected chi connectivity index (χ4v) is 2.05. The summed E-state index contributed by atoms with van der Waals surface area (Å²) in [5, 5.41) is 8.49. The van der Waals surface area contributed by atoms with Gasteiger partial charge >= 0.3 is 5.22 Å². The first kappa shape index (κ1) is 10.5. The molecule has 12 heavy (non-hydrogen) atoms. The summed E-state index contributed by atoms with van der Waals surface area (Å²) >= 11 is 8.43. The summed E-state index contributed by atoms with van der Waals surface area (Å²) in [5.41, 5.74) is 0. The molecule has 0 saturated carbocycles. The van der Waals surface area contributed by atoms with E-state index in [4.69, 9.17) is 0 Å². The van der Waals surface area contributed by atoms with Crippen LogP contribution >= 0.6 is 47.8 Å². The van der Waals surface area contributed by atoms with Gasteiger partial charge in [0.25, 0.3) is 9.84 Å². The maximum Gasteiger partial charge on any atom is 0.366 e. The van der Waals surface area contributed by atoms with E-state index in [2.05, 4.69) is 67.9 Å². The molecule has 6 nitrogen and oxygen atoms in total. The monoisotopic (exact) mass is 383 g/mol. The van der Waals surface area contributed by atoms with Gasteiger partial charge in [-0.1, -0.05) is 5.10 Å². The van der Waals surface area contributed by atoms with Gasteiger partial charge < -0.3 is 4.52 Å². The van der Waals surface area contributed by atoms with Crippen molar-refractivity contribution in [3.05, 3.63) is 0 Å². The van der Waals surface area contributed by atoms with Crippen LogP contribution in [0.3, 0.4) is 0 Å². The Balaban J connectivity index is 3.22. The molecule has 0 radical (unpaired) electrons.